The Labute approximate surface area is 165 Å². The average molecular weight is 415 g/mol. The zero-order chi connectivity index (χ0) is 21.1. The molecule has 2 rings (SSSR count). The van der Waals surface area contributed by atoms with Crippen LogP contribution in [0.3, 0.4) is 0 Å². The summed E-state index contributed by atoms with van der Waals surface area (Å²) in [4.78, 5) is 25.5. The van der Waals surface area contributed by atoms with Gasteiger partial charge in [0.1, 0.15) is 11.7 Å². The lowest BCUT2D eigenvalue weighted by molar-refractivity contribution is -0.0157. The molecule has 1 aliphatic carbocycles. The molecule has 0 spiro atoms. The van der Waals surface area contributed by atoms with E-state index in [2.05, 4.69) is 4.98 Å². The molecule has 1 fully saturated rings. The SMILES string of the molecule is CCC(CC)[P+](=O)O[C@@](C)(CC)C[C@H]1CC(n2ccc(=O)[nH]c2=O)[C@H](O)[C@@H]1O. The number of hydrogen-bond acceptors (Lipinski definition) is 6. The highest BCUT2D eigenvalue weighted by molar-refractivity contribution is 7.40. The maximum Gasteiger partial charge on any atom is 0.511 e. The van der Waals surface area contributed by atoms with E-state index in [9.17, 15) is 24.4 Å². The third-order valence-electron chi connectivity index (χ3n) is 5.97. The first-order valence-electron chi connectivity index (χ1n) is 9.98. The Morgan fingerprint density at radius 1 is 1.29 bits per heavy atom. The summed E-state index contributed by atoms with van der Waals surface area (Å²) in [5.74, 6) is -0.325. The van der Waals surface area contributed by atoms with Gasteiger partial charge in [0.2, 0.25) is 0 Å². The van der Waals surface area contributed by atoms with Crippen LogP contribution < -0.4 is 11.2 Å². The molecule has 9 heteroatoms. The fraction of sp³-hybridized carbons (Fsp3) is 0.789. The molecule has 1 aromatic heterocycles. The van der Waals surface area contributed by atoms with Crippen LogP contribution in [0.5, 0.6) is 0 Å². The molecule has 1 saturated carbocycles. The lowest BCUT2D eigenvalue weighted by Gasteiger charge is -2.27. The van der Waals surface area contributed by atoms with Crippen molar-refractivity contribution in [3.63, 3.8) is 0 Å². The van der Waals surface area contributed by atoms with Crippen molar-refractivity contribution in [1.82, 2.24) is 9.55 Å². The Kier molecular flexibility index (Phi) is 7.73. The number of nitrogens with one attached hydrogen (secondary N) is 1. The average Bonchev–Trinajstić information content (AvgIpc) is 2.91. The van der Waals surface area contributed by atoms with Gasteiger partial charge in [0.15, 0.2) is 5.66 Å². The van der Waals surface area contributed by atoms with Gasteiger partial charge in [0.25, 0.3) is 5.56 Å². The van der Waals surface area contributed by atoms with E-state index in [1.54, 1.807) is 0 Å². The minimum absolute atomic E-state index is 0.00700. The number of aromatic nitrogens is 2. The first-order valence-corrected chi connectivity index (χ1v) is 11.2. The molecule has 0 aliphatic heterocycles. The van der Waals surface area contributed by atoms with Gasteiger partial charge in [-0.05, 0) is 49.5 Å². The van der Waals surface area contributed by atoms with E-state index in [0.29, 0.717) is 19.3 Å². The normalized spacial score (nSPS) is 27.8. The number of H-pyrrole nitrogens is 1. The standard InChI is InChI=1S/C19H31N2O6P/c1-5-13(6-2)28(26)27-19(4,7-3)11-12-10-14(17(24)16(12)23)21-9-8-15(22)20-18(21)25/h8-9,12-14,16-17,23-24H,5-7,10-11H2,1-4H3/p+1/t12-,14?,16-,17+,19+/m1/s1. The van der Waals surface area contributed by atoms with Crippen molar-refractivity contribution in [3.05, 3.63) is 33.1 Å². The van der Waals surface area contributed by atoms with Crippen LogP contribution >= 0.6 is 8.03 Å². The summed E-state index contributed by atoms with van der Waals surface area (Å²) >= 11 is 0. The molecule has 0 saturated heterocycles. The summed E-state index contributed by atoms with van der Waals surface area (Å²) in [6.07, 6.45) is 2.08. The Hall–Kier alpha value is -1.34. The van der Waals surface area contributed by atoms with Crippen molar-refractivity contribution < 1.29 is 19.3 Å². The van der Waals surface area contributed by atoms with Crippen LogP contribution in [0.1, 0.15) is 65.8 Å². The summed E-state index contributed by atoms with van der Waals surface area (Å²) in [7, 11) is -1.84. The number of rotatable bonds is 9. The van der Waals surface area contributed by atoms with Gasteiger partial charge in [-0.2, -0.15) is 0 Å². The van der Waals surface area contributed by atoms with Crippen LogP contribution in [0.2, 0.25) is 0 Å². The molecule has 158 valence electrons. The topological polar surface area (TPSA) is 122 Å². The molecule has 3 N–H and O–H groups in total. The molecular weight excluding hydrogens is 383 g/mol. The van der Waals surface area contributed by atoms with Gasteiger partial charge in [0, 0.05) is 12.3 Å². The molecule has 8 nitrogen and oxygen atoms in total. The lowest BCUT2D eigenvalue weighted by Crippen LogP contribution is -2.37. The van der Waals surface area contributed by atoms with E-state index in [1.807, 2.05) is 27.7 Å². The summed E-state index contributed by atoms with van der Waals surface area (Å²) in [6.45, 7) is 7.79. The summed E-state index contributed by atoms with van der Waals surface area (Å²) in [6, 6.07) is 0.575. The maximum absolute atomic E-state index is 12.6. The summed E-state index contributed by atoms with van der Waals surface area (Å²) in [5.41, 5.74) is -1.84. The monoisotopic (exact) mass is 415 g/mol. The predicted molar refractivity (Wildman–Crippen MR) is 107 cm³/mol. The van der Waals surface area contributed by atoms with Crippen LogP contribution in [0.4, 0.5) is 0 Å². The molecule has 28 heavy (non-hydrogen) atoms. The Bertz CT molecular complexity index is 789. The van der Waals surface area contributed by atoms with E-state index in [1.165, 1.54) is 16.8 Å². The van der Waals surface area contributed by atoms with E-state index in [4.69, 9.17) is 4.52 Å². The molecular formula is C19H32N2O6P+. The Balaban J connectivity index is 2.17. The summed E-state index contributed by atoms with van der Waals surface area (Å²) < 4.78 is 19.8. The van der Waals surface area contributed by atoms with Crippen molar-refractivity contribution in [1.29, 1.82) is 0 Å². The van der Waals surface area contributed by atoms with Crippen LogP contribution in [-0.4, -0.2) is 43.2 Å². The second kappa shape index (κ2) is 9.44. The van der Waals surface area contributed by atoms with Gasteiger partial charge in [-0.3, -0.25) is 14.3 Å². The third kappa shape index (κ3) is 4.98. The smallest absolute Gasteiger partial charge is 0.390 e. The Morgan fingerprint density at radius 2 is 1.93 bits per heavy atom. The number of nitrogens with zero attached hydrogens (tertiary/aromatic N) is 1. The van der Waals surface area contributed by atoms with Gasteiger partial charge >= 0.3 is 13.7 Å². The van der Waals surface area contributed by atoms with E-state index in [0.717, 1.165) is 12.8 Å². The zero-order valence-corrected chi connectivity index (χ0v) is 17.9. The predicted octanol–water partition coefficient (Wildman–Crippen LogP) is 2.33. The van der Waals surface area contributed by atoms with Crippen molar-refractivity contribution >= 4 is 8.03 Å². The fourth-order valence-electron chi connectivity index (χ4n) is 3.95. The van der Waals surface area contributed by atoms with Gasteiger partial charge in [-0.25, -0.2) is 4.79 Å². The van der Waals surface area contributed by atoms with E-state index < -0.39 is 43.1 Å². The Morgan fingerprint density at radius 3 is 2.46 bits per heavy atom. The quantitative estimate of drug-likeness (QED) is 0.532. The van der Waals surface area contributed by atoms with Crippen molar-refractivity contribution in [2.24, 2.45) is 5.92 Å². The highest BCUT2D eigenvalue weighted by atomic mass is 31.1. The van der Waals surface area contributed by atoms with Crippen LogP contribution in [0.15, 0.2) is 21.9 Å². The fourth-order valence-corrected chi connectivity index (χ4v) is 5.33. The molecule has 1 aromatic rings. The number of aromatic amines is 1. The molecule has 0 bridgehead atoms. The first-order chi connectivity index (χ1) is 13.2. The van der Waals surface area contributed by atoms with Crippen LogP contribution in [0.25, 0.3) is 0 Å². The first kappa shape index (κ1) is 22.9. The van der Waals surface area contributed by atoms with Crippen molar-refractivity contribution in [3.8, 4) is 0 Å². The zero-order valence-electron chi connectivity index (χ0n) is 17.0. The maximum atomic E-state index is 12.6. The molecule has 1 heterocycles. The minimum Gasteiger partial charge on any atom is -0.390 e. The second-order valence-electron chi connectivity index (χ2n) is 7.92. The lowest BCUT2D eigenvalue weighted by atomic mass is 9.87. The van der Waals surface area contributed by atoms with E-state index in [-0.39, 0.29) is 11.6 Å². The van der Waals surface area contributed by atoms with Gasteiger partial charge in [-0.15, -0.1) is 4.52 Å². The van der Waals surface area contributed by atoms with Crippen molar-refractivity contribution in [2.45, 2.75) is 89.3 Å². The van der Waals surface area contributed by atoms with Crippen LogP contribution in [0, 0.1) is 5.92 Å². The number of aliphatic hydroxyl groups excluding tert-OH is 2. The molecule has 2 unspecified atom stereocenters. The van der Waals surface area contributed by atoms with Crippen LogP contribution in [-0.2, 0) is 9.09 Å². The third-order valence-corrected chi connectivity index (χ3v) is 7.92. The highest BCUT2D eigenvalue weighted by Crippen LogP contribution is 2.45. The largest absolute Gasteiger partial charge is 0.511 e. The second-order valence-corrected chi connectivity index (χ2v) is 9.40. The molecule has 0 radical (unpaired) electrons. The molecule has 0 amide bonds. The molecule has 0 aromatic carbocycles. The van der Waals surface area contributed by atoms with Crippen molar-refractivity contribution in [2.75, 3.05) is 0 Å². The highest BCUT2D eigenvalue weighted by Gasteiger charge is 2.48. The minimum atomic E-state index is -1.84. The number of hydrogen-bond donors (Lipinski definition) is 3. The molecule has 6 atom stereocenters. The summed E-state index contributed by atoms with van der Waals surface area (Å²) in [5, 5.41) is 21.1. The number of aliphatic hydroxyl groups is 2. The van der Waals surface area contributed by atoms with Gasteiger partial charge in [0.05, 0.1) is 12.1 Å². The molecule has 1 aliphatic rings. The van der Waals surface area contributed by atoms with E-state index >= 15 is 0 Å². The van der Waals surface area contributed by atoms with Gasteiger partial charge in [-0.1, -0.05) is 20.8 Å². The van der Waals surface area contributed by atoms with Gasteiger partial charge < -0.3 is 10.2 Å².